The molecule has 0 heterocycles. The molecule has 1 unspecified atom stereocenters. The predicted octanol–water partition coefficient (Wildman–Crippen LogP) is 2.48. The minimum atomic E-state index is -0.0857. The Morgan fingerprint density at radius 1 is 1.00 bits per heavy atom. The Morgan fingerprint density at radius 2 is 1.71 bits per heavy atom. The van der Waals surface area contributed by atoms with E-state index >= 15 is 0 Å². The van der Waals surface area contributed by atoms with Gasteiger partial charge in [0.05, 0.1) is 0 Å². The Kier molecular flexibility index (Phi) is 3.93. The predicted molar refractivity (Wildman–Crippen MR) is 74.5 cm³/mol. The Labute approximate surface area is 118 Å². The third-order valence-electron chi connectivity index (χ3n) is 2.38. The van der Waals surface area contributed by atoms with Crippen LogP contribution in [0, 0.1) is 0 Å². The molecule has 0 bridgehead atoms. The van der Waals surface area contributed by atoms with E-state index in [1.807, 2.05) is 6.07 Å². The molecule has 0 spiro atoms. The van der Waals surface area contributed by atoms with Crippen molar-refractivity contribution in [2.45, 2.75) is 0 Å². The quantitative estimate of drug-likeness (QED) is 0.612. The molecular weight excluding hydrogens is 318 g/mol. The second kappa shape index (κ2) is 5.26. The molecule has 0 N–H and O–H groups in total. The topological polar surface area (TPSA) is 17.1 Å². The molecule has 0 fully saturated rings. The summed E-state index contributed by atoms with van der Waals surface area (Å²) in [5, 5.41) is 1.02. The third kappa shape index (κ3) is 2.74. The average Bonchev–Trinajstić information content (AvgIpc) is 2.32. The van der Waals surface area contributed by atoms with E-state index in [-0.39, 0.29) is 5.78 Å². The molecule has 2 rings (SSSR count). The maximum absolute atomic E-state index is 12.3. The van der Waals surface area contributed by atoms with Crippen molar-refractivity contribution in [1.82, 2.24) is 0 Å². The standard InChI is InChI=1S/C13H9AsCl2O/c14-11-6-5-8(15)7-10(11)13(17)9-3-1-2-4-12(9)16/h1-7H,14H2. The third-order valence-corrected chi connectivity index (χ3v) is 4.00. The molecule has 17 heavy (non-hydrogen) atoms. The first kappa shape index (κ1) is 12.7. The van der Waals surface area contributed by atoms with E-state index in [1.54, 1.807) is 36.4 Å². The van der Waals surface area contributed by atoms with Gasteiger partial charge in [0.25, 0.3) is 0 Å². The van der Waals surface area contributed by atoms with Crippen LogP contribution >= 0.6 is 23.2 Å². The number of benzene rings is 2. The summed E-state index contributed by atoms with van der Waals surface area (Å²) >= 11 is 13.3. The monoisotopic (exact) mass is 326 g/mol. The number of carbonyl (C=O) groups excluding carboxylic acids is 1. The van der Waals surface area contributed by atoms with E-state index in [1.165, 1.54) is 16.9 Å². The van der Waals surface area contributed by atoms with E-state index in [9.17, 15) is 4.79 Å². The van der Waals surface area contributed by atoms with Crippen molar-refractivity contribution in [2.75, 3.05) is 0 Å². The van der Waals surface area contributed by atoms with E-state index < -0.39 is 0 Å². The number of hydrogen-bond donors (Lipinski definition) is 0. The van der Waals surface area contributed by atoms with Gasteiger partial charge in [0.2, 0.25) is 0 Å². The van der Waals surface area contributed by atoms with Gasteiger partial charge in [0, 0.05) is 0 Å². The number of halogens is 2. The number of carbonyl (C=O) groups is 1. The fourth-order valence-electron chi connectivity index (χ4n) is 1.52. The van der Waals surface area contributed by atoms with Crippen molar-refractivity contribution >= 4 is 50.2 Å². The molecule has 0 aliphatic carbocycles. The Bertz CT molecular complexity index is 581. The normalized spacial score (nSPS) is 10.3. The fourth-order valence-corrected chi connectivity index (χ4v) is 2.56. The zero-order valence-corrected chi connectivity index (χ0v) is 12.7. The van der Waals surface area contributed by atoms with Crippen LogP contribution in [0.15, 0.2) is 42.5 Å². The summed E-state index contributed by atoms with van der Waals surface area (Å²) in [5.74, 6) is -0.0857. The number of rotatable bonds is 2. The Hall–Kier alpha value is -0.752. The molecule has 4 heteroatoms. The molecule has 1 nitrogen and oxygen atoms in total. The van der Waals surface area contributed by atoms with Crippen molar-refractivity contribution in [3.8, 4) is 0 Å². The summed E-state index contributed by atoms with van der Waals surface area (Å²) in [6.07, 6.45) is 0. The van der Waals surface area contributed by atoms with Crippen LogP contribution in [0.1, 0.15) is 15.9 Å². The molecule has 0 aromatic heterocycles. The molecule has 2 aromatic rings. The molecule has 0 aliphatic rings. The van der Waals surface area contributed by atoms with Crippen molar-refractivity contribution < 1.29 is 4.79 Å². The van der Waals surface area contributed by atoms with Gasteiger partial charge >= 0.3 is 119 Å². The molecule has 0 radical (unpaired) electrons. The van der Waals surface area contributed by atoms with Gasteiger partial charge in [-0.05, 0) is 0 Å². The first-order chi connectivity index (χ1) is 8.09. The molecule has 0 aliphatic heterocycles. The van der Waals surface area contributed by atoms with Crippen LogP contribution in [0.2, 0.25) is 10.0 Å². The summed E-state index contributed by atoms with van der Waals surface area (Å²) < 4.78 is 0.951. The van der Waals surface area contributed by atoms with Crippen LogP contribution < -0.4 is 4.35 Å². The fraction of sp³-hybridized carbons (Fsp3) is 0. The van der Waals surface area contributed by atoms with Crippen molar-refractivity contribution in [3.05, 3.63) is 63.6 Å². The average molecular weight is 327 g/mol. The van der Waals surface area contributed by atoms with Crippen LogP contribution in [-0.2, 0) is 0 Å². The van der Waals surface area contributed by atoms with Gasteiger partial charge in [-0.2, -0.15) is 0 Å². The van der Waals surface area contributed by atoms with Crippen LogP contribution in [0.5, 0.6) is 0 Å². The molecule has 2 aromatic carbocycles. The number of hydrogen-bond acceptors (Lipinski definition) is 1. The number of ketones is 1. The van der Waals surface area contributed by atoms with E-state index in [2.05, 4.69) is 0 Å². The SMILES string of the molecule is O=C(c1ccccc1Cl)c1cc(Cl)ccc1[AsH2]. The van der Waals surface area contributed by atoms with Crippen LogP contribution in [-0.4, -0.2) is 22.6 Å². The van der Waals surface area contributed by atoms with E-state index in [4.69, 9.17) is 23.2 Å². The molecular formula is C13H9AsCl2O. The van der Waals surface area contributed by atoms with Gasteiger partial charge in [-0.25, -0.2) is 0 Å². The summed E-state index contributed by atoms with van der Waals surface area (Å²) in [7, 11) is 0. The van der Waals surface area contributed by atoms with Crippen molar-refractivity contribution in [3.63, 3.8) is 0 Å². The van der Waals surface area contributed by atoms with E-state index in [0.29, 0.717) is 21.2 Å². The zero-order valence-electron chi connectivity index (χ0n) is 8.78. The Morgan fingerprint density at radius 3 is 2.41 bits per heavy atom. The van der Waals surface area contributed by atoms with Gasteiger partial charge in [-0.3, -0.25) is 0 Å². The van der Waals surface area contributed by atoms with Crippen LogP contribution in [0.3, 0.4) is 0 Å². The molecule has 86 valence electrons. The first-order valence-electron chi connectivity index (χ1n) is 4.94. The van der Waals surface area contributed by atoms with Gasteiger partial charge in [-0.1, -0.05) is 0 Å². The summed E-state index contributed by atoms with van der Waals surface area (Å²) in [6.45, 7) is 0. The van der Waals surface area contributed by atoms with Crippen molar-refractivity contribution in [1.29, 1.82) is 0 Å². The van der Waals surface area contributed by atoms with Gasteiger partial charge < -0.3 is 0 Å². The van der Waals surface area contributed by atoms with Crippen LogP contribution in [0.4, 0.5) is 0 Å². The molecule has 0 amide bonds. The van der Waals surface area contributed by atoms with Crippen LogP contribution in [0.25, 0.3) is 0 Å². The second-order valence-corrected chi connectivity index (χ2v) is 5.69. The van der Waals surface area contributed by atoms with Gasteiger partial charge in [0.15, 0.2) is 0 Å². The Balaban J connectivity index is 2.51. The van der Waals surface area contributed by atoms with Gasteiger partial charge in [-0.15, -0.1) is 0 Å². The molecule has 1 atom stereocenters. The molecule has 0 saturated carbocycles. The van der Waals surface area contributed by atoms with Gasteiger partial charge in [0.1, 0.15) is 0 Å². The second-order valence-electron chi connectivity index (χ2n) is 3.54. The summed E-state index contributed by atoms with van der Waals surface area (Å²) in [4.78, 5) is 12.3. The maximum atomic E-state index is 12.3. The van der Waals surface area contributed by atoms with Crippen molar-refractivity contribution in [2.24, 2.45) is 0 Å². The first-order valence-corrected chi connectivity index (χ1v) is 6.90. The minimum absolute atomic E-state index is 0.0857. The summed E-state index contributed by atoms with van der Waals surface area (Å²) in [6, 6.07) is 12.3. The zero-order chi connectivity index (χ0) is 12.4. The van der Waals surface area contributed by atoms with E-state index in [0.717, 1.165) is 4.35 Å². The molecule has 0 saturated heterocycles. The summed E-state index contributed by atoms with van der Waals surface area (Å²) in [5.41, 5.74) is 1.13.